The fourth-order valence-corrected chi connectivity index (χ4v) is 3.35. The van der Waals surface area contributed by atoms with Crippen molar-refractivity contribution >= 4 is 33.0 Å². The van der Waals surface area contributed by atoms with Gasteiger partial charge in [0.1, 0.15) is 0 Å². The lowest BCUT2D eigenvalue weighted by atomic mass is 9.90. The summed E-state index contributed by atoms with van der Waals surface area (Å²) in [5.41, 5.74) is 1.75. The smallest absolute Gasteiger partial charge is 0.232 e. The van der Waals surface area contributed by atoms with Crippen molar-refractivity contribution in [3.63, 3.8) is 0 Å². The van der Waals surface area contributed by atoms with Crippen LogP contribution in [0.3, 0.4) is 0 Å². The van der Waals surface area contributed by atoms with Crippen LogP contribution in [-0.2, 0) is 19.4 Å². The summed E-state index contributed by atoms with van der Waals surface area (Å²) in [6, 6.07) is 13.2. The first kappa shape index (κ1) is 16.2. The third-order valence-electron chi connectivity index (χ3n) is 3.85. The number of para-hydroxylation sites is 1. The molecule has 124 valence electrons. The third-order valence-corrected chi connectivity index (χ3v) is 4.96. The van der Waals surface area contributed by atoms with Crippen molar-refractivity contribution in [1.29, 1.82) is 0 Å². The summed E-state index contributed by atoms with van der Waals surface area (Å²) >= 11 is 0. The molecule has 0 bridgehead atoms. The van der Waals surface area contributed by atoms with E-state index in [9.17, 15) is 18.0 Å². The minimum absolute atomic E-state index is 0.0502. The van der Waals surface area contributed by atoms with Gasteiger partial charge in [0.05, 0.1) is 10.8 Å². The van der Waals surface area contributed by atoms with Gasteiger partial charge < -0.3 is 10.6 Å². The number of nitrogens with one attached hydrogen (secondary N) is 2. The molecule has 2 amide bonds. The van der Waals surface area contributed by atoms with Crippen LogP contribution in [0.2, 0.25) is 0 Å². The van der Waals surface area contributed by atoms with Gasteiger partial charge in [-0.15, -0.1) is 0 Å². The quantitative estimate of drug-likeness (QED) is 0.892. The van der Waals surface area contributed by atoms with Crippen LogP contribution in [0, 0.1) is 0 Å². The number of amides is 2. The Labute approximate surface area is 139 Å². The van der Waals surface area contributed by atoms with Crippen LogP contribution in [0.4, 0.5) is 11.4 Å². The predicted molar refractivity (Wildman–Crippen MR) is 90.6 cm³/mol. The molecule has 0 fully saturated rings. The summed E-state index contributed by atoms with van der Waals surface area (Å²) in [6.45, 7) is 0. The van der Waals surface area contributed by atoms with Gasteiger partial charge in [-0.1, -0.05) is 24.3 Å². The van der Waals surface area contributed by atoms with Crippen LogP contribution in [0.15, 0.2) is 53.4 Å². The molecule has 2 aromatic rings. The van der Waals surface area contributed by atoms with Gasteiger partial charge in [-0.05, 0) is 29.8 Å². The molecule has 1 aliphatic rings. The van der Waals surface area contributed by atoms with E-state index in [1.165, 1.54) is 12.1 Å². The molecular weight excluding hydrogens is 328 g/mol. The maximum atomic E-state index is 12.6. The van der Waals surface area contributed by atoms with Gasteiger partial charge in [0, 0.05) is 24.1 Å². The van der Waals surface area contributed by atoms with Crippen molar-refractivity contribution in [2.75, 3.05) is 16.9 Å². The van der Waals surface area contributed by atoms with E-state index in [2.05, 4.69) is 10.6 Å². The fourth-order valence-electron chi connectivity index (χ4n) is 2.68. The Morgan fingerprint density at radius 1 is 1.17 bits per heavy atom. The molecular formula is C17H16N2O4S. The summed E-state index contributed by atoms with van der Waals surface area (Å²) in [5.74, 6) is -1.18. The normalized spacial score (nSPS) is 16.9. The van der Waals surface area contributed by atoms with Crippen molar-refractivity contribution in [2.45, 2.75) is 17.2 Å². The number of hydrogen-bond acceptors (Lipinski definition) is 4. The topological polar surface area (TPSA) is 92.3 Å². The second kappa shape index (κ2) is 6.09. The van der Waals surface area contributed by atoms with Gasteiger partial charge in [0.15, 0.2) is 9.84 Å². The van der Waals surface area contributed by atoms with E-state index in [1.807, 2.05) is 0 Å². The molecule has 2 N–H and O–H groups in total. The molecule has 1 aliphatic heterocycles. The average Bonchev–Trinajstić information content (AvgIpc) is 2.53. The molecule has 2 aromatic carbocycles. The number of rotatable bonds is 3. The van der Waals surface area contributed by atoms with E-state index in [4.69, 9.17) is 0 Å². The lowest BCUT2D eigenvalue weighted by Gasteiger charge is -2.24. The van der Waals surface area contributed by atoms with Gasteiger partial charge in [-0.2, -0.15) is 0 Å². The Bertz CT molecular complexity index is 922. The molecule has 7 heteroatoms. The molecule has 1 unspecified atom stereocenters. The molecule has 0 saturated heterocycles. The largest absolute Gasteiger partial charge is 0.326 e. The maximum Gasteiger partial charge on any atom is 0.232 e. The number of carbonyl (C=O) groups excluding carboxylic acids is 2. The second-order valence-electron chi connectivity index (χ2n) is 5.68. The van der Waals surface area contributed by atoms with E-state index in [-0.39, 0.29) is 23.1 Å². The summed E-state index contributed by atoms with van der Waals surface area (Å²) in [4.78, 5) is 24.5. The molecule has 0 radical (unpaired) electrons. The zero-order chi connectivity index (χ0) is 17.3. The SMILES string of the molecule is CS(=O)(=O)c1cccc(NC(=O)C2CC(=O)Nc3ccccc32)c1. The summed E-state index contributed by atoms with van der Waals surface area (Å²) < 4.78 is 23.2. The molecule has 3 rings (SSSR count). The van der Waals surface area contributed by atoms with Crippen LogP contribution in [0.5, 0.6) is 0 Å². The highest BCUT2D eigenvalue weighted by atomic mass is 32.2. The standard InChI is InChI=1S/C17H16N2O4S/c1-24(22,23)12-6-4-5-11(9-12)18-17(21)14-10-16(20)19-15-8-3-2-7-13(14)15/h2-9,14H,10H2,1H3,(H,18,21)(H,19,20). The Balaban J connectivity index is 1.87. The first-order valence-electron chi connectivity index (χ1n) is 7.34. The van der Waals surface area contributed by atoms with Crippen LogP contribution in [0.25, 0.3) is 0 Å². The van der Waals surface area contributed by atoms with Gasteiger partial charge in [0.2, 0.25) is 11.8 Å². The van der Waals surface area contributed by atoms with Gasteiger partial charge >= 0.3 is 0 Å². The molecule has 1 heterocycles. The number of carbonyl (C=O) groups is 2. The minimum atomic E-state index is -3.36. The predicted octanol–water partition coefficient (Wildman–Crippen LogP) is 2.15. The molecule has 0 aromatic heterocycles. The second-order valence-corrected chi connectivity index (χ2v) is 7.70. The van der Waals surface area contributed by atoms with Crippen molar-refractivity contribution < 1.29 is 18.0 Å². The molecule has 0 aliphatic carbocycles. The first-order chi connectivity index (χ1) is 11.3. The van der Waals surface area contributed by atoms with Gasteiger partial charge in [-0.25, -0.2) is 8.42 Å². The Hall–Kier alpha value is -2.67. The zero-order valence-corrected chi connectivity index (χ0v) is 13.8. The van der Waals surface area contributed by atoms with Crippen LogP contribution in [-0.4, -0.2) is 26.5 Å². The summed E-state index contributed by atoms with van der Waals surface area (Å²) in [5, 5.41) is 5.44. The summed E-state index contributed by atoms with van der Waals surface area (Å²) in [6.07, 6.45) is 1.16. The number of fused-ring (bicyclic) bond motifs is 1. The molecule has 1 atom stereocenters. The Morgan fingerprint density at radius 2 is 1.92 bits per heavy atom. The Kier molecular flexibility index (Phi) is 4.11. The Morgan fingerprint density at radius 3 is 2.67 bits per heavy atom. The van der Waals surface area contributed by atoms with E-state index < -0.39 is 15.8 Å². The van der Waals surface area contributed by atoms with E-state index in [0.717, 1.165) is 11.8 Å². The number of anilines is 2. The monoisotopic (exact) mass is 344 g/mol. The number of sulfone groups is 1. The average molecular weight is 344 g/mol. The fraction of sp³-hybridized carbons (Fsp3) is 0.176. The highest BCUT2D eigenvalue weighted by Gasteiger charge is 2.30. The zero-order valence-electron chi connectivity index (χ0n) is 12.9. The van der Waals surface area contributed by atoms with Gasteiger partial charge in [0.25, 0.3) is 0 Å². The number of hydrogen-bond donors (Lipinski definition) is 2. The molecule has 0 spiro atoms. The highest BCUT2D eigenvalue weighted by molar-refractivity contribution is 7.90. The number of benzene rings is 2. The first-order valence-corrected chi connectivity index (χ1v) is 9.23. The van der Waals surface area contributed by atoms with Crippen LogP contribution < -0.4 is 10.6 Å². The molecule has 6 nitrogen and oxygen atoms in total. The van der Waals surface area contributed by atoms with Crippen LogP contribution in [0.1, 0.15) is 17.9 Å². The van der Waals surface area contributed by atoms with Crippen LogP contribution >= 0.6 is 0 Å². The minimum Gasteiger partial charge on any atom is -0.326 e. The summed E-state index contributed by atoms with van der Waals surface area (Å²) in [7, 11) is -3.36. The highest BCUT2D eigenvalue weighted by Crippen LogP contribution is 2.32. The van der Waals surface area contributed by atoms with E-state index in [1.54, 1.807) is 36.4 Å². The van der Waals surface area contributed by atoms with E-state index >= 15 is 0 Å². The molecule has 0 saturated carbocycles. The molecule has 24 heavy (non-hydrogen) atoms. The lowest BCUT2D eigenvalue weighted by molar-refractivity contribution is -0.123. The maximum absolute atomic E-state index is 12.6. The third kappa shape index (κ3) is 3.30. The van der Waals surface area contributed by atoms with Crippen molar-refractivity contribution in [3.8, 4) is 0 Å². The van der Waals surface area contributed by atoms with Gasteiger partial charge in [-0.3, -0.25) is 9.59 Å². The lowest BCUT2D eigenvalue weighted by Crippen LogP contribution is -2.30. The van der Waals surface area contributed by atoms with Crippen molar-refractivity contribution in [2.24, 2.45) is 0 Å². The van der Waals surface area contributed by atoms with E-state index in [0.29, 0.717) is 11.4 Å². The van der Waals surface area contributed by atoms with Crippen molar-refractivity contribution in [1.82, 2.24) is 0 Å². The van der Waals surface area contributed by atoms with Crippen molar-refractivity contribution in [3.05, 3.63) is 54.1 Å².